The molecule has 0 spiro atoms. The molecule has 1 aromatic rings. The van der Waals surface area contributed by atoms with Crippen LogP contribution in [0.3, 0.4) is 0 Å². The van der Waals surface area contributed by atoms with Gasteiger partial charge in [-0.2, -0.15) is 0 Å². The number of nitrogens with two attached hydrogens (primary N) is 1. The van der Waals surface area contributed by atoms with Gasteiger partial charge in [0.1, 0.15) is 5.75 Å². The van der Waals surface area contributed by atoms with Crippen molar-refractivity contribution in [1.82, 2.24) is 5.32 Å². The number of hydrogen-bond donors (Lipinski definition) is 2. The minimum atomic E-state index is -0.0138. The van der Waals surface area contributed by atoms with Gasteiger partial charge in [-0.3, -0.25) is 4.79 Å². The molecule has 3 rings (SSSR count). The largest absolute Gasteiger partial charge is 0.496 e. The van der Waals surface area contributed by atoms with Crippen LogP contribution in [0.2, 0.25) is 0 Å². The SMILES string of the molecule is COc1ccccc1C1(C)CC1NC(=O)C[C@@H]1CCC[C@H]1N. The Morgan fingerprint density at radius 3 is 2.86 bits per heavy atom. The maximum atomic E-state index is 12.3. The second-order valence-electron chi connectivity index (χ2n) is 7.00. The van der Waals surface area contributed by atoms with Crippen molar-refractivity contribution >= 4 is 5.91 Å². The normalized spacial score (nSPS) is 33.5. The molecule has 2 saturated carbocycles. The summed E-state index contributed by atoms with van der Waals surface area (Å²) in [5.74, 6) is 1.40. The summed E-state index contributed by atoms with van der Waals surface area (Å²) in [5, 5.41) is 3.19. The highest BCUT2D eigenvalue weighted by Crippen LogP contribution is 2.51. The van der Waals surface area contributed by atoms with Crippen LogP contribution in [0.4, 0.5) is 0 Å². The summed E-state index contributed by atoms with van der Waals surface area (Å²) in [7, 11) is 1.69. The minimum Gasteiger partial charge on any atom is -0.496 e. The van der Waals surface area contributed by atoms with Crippen molar-refractivity contribution in [3.05, 3.63) is 29.8 Å². The first-order valence-electron chi connectivity index (χ1n) is 8.23. The zero-order valence-corrected chi connectivity index (χ0v) is 13.5. The predicted octanol–water partition coefficient (Wildman–Crippen LogP) is 2.36. The van der Waals surface area contributed by atoms with Crippen LogP contribution in [0.15, 0.2) is 24.3 Å². The van der Waals surface area contributed by atoms with Crippen molar-refractivity contribution in [2.24, 2.45) is 11.7 Å². The standard InChI is InChI=1S/C18H26N2O2/c1-18(13-7-3-4-9-15(13)22-2)11-16(18)20-17(21)10-12-6-5-8-14(12)19/h3-4,7,9,12,14,16H,5-6,8,10-11,19H2,1-2H3,(H,20,21)/t12-,14+,16?,18?/m0/s1. The van der Waals surface area contributed by atoms with Crippen LogP contribution in [-0.2, 0) is 10.2 Å². The molecule has 2 unspecified atom stereocenters. The highest BCUT2D eigenvalue weighted by molar-refractivity contribution is 5.77. The molecule has 4 nitrogen and oxygen atoms in total. The molecule has 120 valence electrons. The lowest BCUT2D eigenvalue weighted by Gasteiger charge is -2.18. The van der Waals surface area contributed by atoms with Gasteiger partial charge in [-0.15, -0.1) is 0 Å². The maximum absolute atomic E-state index is 12.3. The summed E-state index contributed by atoms with van der Waals surface area (Å²) < 4.78 is 5.46. The first-order chi connectivity index (χ1) is 10.5. The quantitative estimate of drug-likeness (QED) is 0.877. The van der Waals surface area contributed by atoms with Crippen molar-refractivity contribution in [1.29, 1.82) is 0 Å². The van der Waals surface area contributed by atoms with Crippen LogP contribution in [0.5, 0.6) is 5.75 Å². The Balaban J connectivity index is 1.60. The van der Waals surface area contributed by atoms with Crippen LogP contribution < -0.4 is 15.8 Å². The highest BCUT2D eigenvalue weighted by Gasteiger charge is 2.53. The maximum Gasteiger partial charge on any atom is 0.220 e. The van der Waals surface area contributed by atoms with Crippen LogP contribution in [-0.4, -0.2) is 25.1 Å². The van der Waals surface area contributed by atoms with Gasteiger partial charge >= 0.3 is 0 Å². The van der Waals surface area contributed by atoms with Crippen LogP contribution in [0, 0.1) is 5.92 Å². The van der Waals surface area contributed by atoms with Gasteiger partial charge in [0, 0.05) is 29.5 Å². The number of para-hydroxylation sites is 1. The number of methoxy groups -OCH3 is 1. The van der Waals surface area contributed by atoms with Gasteiger partial charge in [0.2, 0.25) is 5.91 Å². The van der Waals surface area contributed by atoms with Gasteiger partial charge in [0.15, 0.2) is 0 Å². The number of rotatable bonds is 5. The first kappa shape index (κ1) is 15.3. The average Bonchev–Trinajstić information content (AvgIpc) is 2.98. The zero-order chi connectivity index (χ0) is 15.7. The Labute approximate surface area is 132 Å². The fraction of sp³-hybridized carbons (Fsp3) is 0.611. The molecule has 3 N–H and O–H groups in total. The number of nitrogens with one attached hydrogen (secondary N) is 1. The molecule has 0 radical (unpaired) electrons. The number of amides is 1. The molecule has 2 fully saturated rings. The van der Waals surface area contributed by atoms with Gasteiger partial charge in [0.25, 0.3) is 0 Å². The molecular formula is C18H26N2O2. The van der Waals surface area contributed by atoms with Crippen molar-refractivity contribution < 1.29 is 9.53 Å². The number of hydrogen-bond acceptors (Lipinski definition) is 3. The zero-order valence-electron chi connectivity index (χ0n) is 13.5. The topological polar surface area (TPSA) is 64.3 Å². The van der Waals surface area contributed by atoms with Crippen molar-refractivity contribution in [3.63, 3.8) is 0 Å². The van der Waals surface area contributed by atoms with Crippen LogP contribution in [0.1, 0.15) is 44.6 Å². The van der Waals surface area contributed by atoms with E-state index < -0.39 is 0 Å². The third-order valence-electron chi connectivity index (χ3n) is 5.46. The Morgan fingerprint density at radius 1 is 1.41 bits per heavy atom. The lowest BCUT2D eigenvalue weighted by Crippen LogP contribution is -2.34. The van der Waals surface area contributed by atoms with E-state index in [2.05, 4.69) is 18.3 Å². The number of benzene rings is 1. The summed E-state index contributed by atoms with van der Waals surface area (Å²) in [4.78, 5) is 12.3. The fourth-order valence-electron chi connectivity index (χ4n) is 3.80. The Morgan fingerprint density at radius 2 is 2.18 bits per heavy atom. The third kappa shape index (κ3) is 2.84. The van der Waals surface area contributed by atoms with Crippen molar-refractivity contribution in [3.8, 4) is 5.75 Å². The molecule has 2 aliphatic rings. The summed E-state index contributed by atoms with van der Waals surface area (Å²) in [6, 6.07) is 8.48. The molecule has 0 saturated heterocycles. The summed E-state index contributed by atoms with van der Waals surface area (Å²) in [5.41, 5.74) is 7.23. The molecule has 1 aromatic carbocycles. The van der Waals surface area contributed by atoms with E-state index in [1.807, 2.05) is 18.2 Å². The second-order valence-corrected chi connectivity index (χ2v) is 7.00. The molecule has 4 heteroatoms. The highest BCUT2D eigenvalue weighted by atomic mass is 16.5. The Bertz CT molecular complexity index is 560. The number of ether oxygens (including phenoxy) is 1. The molecule has 0 bridgehead atoms. The van der Waals surface area contributed by atoms with Gasteiger partial charge in [-0.25, -0.2) is 0 Å². The molecule has 2 aliphatic carbocycles. The van der Waals surface area contributed by atoms with E-state index in [1.165, 1.54) is 5.56 Å². The number of carbonyl (C=O) groups is 1. The predicted molar refractivity (Wildman–Crippen MR) is 86.8 cm³/mol. The Kier molecular flexibility index (Phi) is 4.13. The molecule has 22 heavy (non-hydrogen) atoms. The molecule has 0 aliphatic heterocycles. The van der Waals surface area contributed by atoms with Gasteiger partial charge in [0.05, 0.1) is 7.11 Å². The van der Waals surface area contributed by atoms with Gasteiger partial charge in [-0.05, 0) is 31.2 Å². The molecular weight excluding hydrogens is 276 g/mol. The molecule has 4 atom stereocenters. The number of carbonyl (C=O) groups excluding carboxylic acids is 1. The van der Waals surface area contributed by atoms with E-state index in [0.717, 1.165) is 31.4 Å². The smallest absolute Gasteiger partial charge is 0.220 e. The van der Waals surface area contributed by atoms with E-state index in [1.54, 1.807) is 7.11 Å². The lowest BCUT2D eigenvalue weighted by atomic mass is 9.96. The average molecular weight is 302 g/mol. The molecule has 1 amide bonds. The van der Waals surface area contributed by atoms with E-state index in [-0.39, 0.29) is 23.4 Å². The summed E-state index contributed by atoms with van der Waals surface area (Å²) in [6.45, 7) is 2.19. The molecule has 0 aromatic heterocycles. The lowest BCUT2D eigenvalue weighted by molar-refractivity contribution is -0.122. The fourth-order valence-corrected chi connectivity index (χ4v) is 3.80. The second kappa shape index (κ2) is 5.92. The van der Waals surface area contributed by atoms with Crippen LogP contribution >= 0.6 is 0 Å². The molecule has 0 heterocycles. The first-order valence-corrected chi connectivity index (χ1v) is 8.23. The summed E-state index contributed by atoms with van der Waals surface area (Å²) in [6.07, 6.45) is 4.83. The monoisotopic (exact) mass is 302 g/mol. The van der Waals surface area contributed by atoms with Crippen LogP contribution in [0.25, 0.3) is 0 Å². The van der Waals surface area contributed by atoms with Gasteiger partial charge < -0.3 is 15.8 Å². The Hall–Kier alpha value is -1.55. The van der Waals surface area contributed by atoms with Crippen molar-refractivity contribution in [2.45, 2.75) is 56.5 Å². The van der Waals surface area contributed by atoms with Gasteiger partial charge in [-0.1, -0.05) is 31.5 Å². The van der Waals surface area contributed by atoms with E-state index in [9.17, 15) is 4.79 Å². The third-order valence-corrected chi connectivity index (χ3v) is 5.46. The van der Waals surface area contributed by atoms with E-state index in [0.29, 0.717) is 12.3 Å². The minimum absolute atomic E-state index is 0.0138. The van der Waals surface area contributed by atoms with Crippen molar-refractivity contribution in [2.75, 3.05) is 7.11 Å². The van der Waals surface area contributed by atoms with E-state index in [4.69, 9.17) is 10.5 Å². The van der Waals surface area contributed by atoms with E-state index >= 15 is 0 Å². The summed E-state index contributed by atoms with van der Waals surface area (Å²) >= 11 is 0.